The summed E-state index contributed by atoms with van der Waals surface area (Å²) in [6.45, 7) is 0.170. The quantitative estimate of drug-likeness (QED) is 0.543. The molecular weight excluding hydrogens is 376 g/mol. The van der Waals surface area contributed by atoms with Crippen LogP contribution in [-0.2, 0) is 6.54 Å². The molecule has 0 saturated heterocycles. The van der Waals surface area contributed by atoms with E-state index in [9.17, 15) is 14.4 Å². The minimum absolute atomic E-state index is 0.0589. The average molecular weight is 388 g/mol. The van der Waals surface area contributed by atoms with Gasteiger partial charge < -0.3 is 14.8 Å². The summed E-state index contributed by atoms with van der Waals surface area (Å²) in [5.41, 5.74) is -0.205. The summed E-state index contributed by atoms with van der Waals surface area (Å²) < 4.78 is 6.71. The van der Waals surface area contributed by atoms with Crippen LogP contribution in [0.5, 0.6) is 0 Å². The van der Waals surface area contributed by atoms with E-state index in [4.69, 9.17) is 4.52 Å². The van der Waals surface area contributed by atoms with Gasteiger partial charge in [-0.3, -0.25) is 14.2 Å². The summed E-state index contributed by atoms with van der Waals surface area (Å²) in [6.07, 6.45) is 0. The molecular formula is C16H12N4O4S2. The summed E-state index contributed by atoms with van der Waals surface area (Å²) in [6, 6.07) is 6.98. The fourth-order valence-corrected chi connectivity index (χ4v) is 3.93. The Hall–Kier alpha value is -2.98. The number of nitrogens with zero attached hydrogens (tertiary/aromatic N) is 2. The Balaban J connectivity index is 1.44. The van der Waals surface area contributed by atoms with Crippen molar-refractivity contribution < 1.29 is 9.32 Å². The molecule has 1 amide bonds. The molecule has 2 N–H and O–H groups in total. The van der Waals surface area contributed by atoms with Crippen LogP contribution >= 0.6 is 22.7 Å². The molecule has 0 unspecified atom stereocenters. The summed E-state index contributed by atoms with van der Waals surface area (Å²) in [4.78, 5) is 40.0. The van der Waals surface area contributed by atoms with E-state index in [-0.39, 0.29) is 24.3 Å². The number of carbonyl (C=O) groups excluding carboxylic acids is 1. The lowest BCUT2D eigenvalue weighted by atomic mass is 10.3. The van der Waals surface area contributed by atoms with Gasteiger partial charge in [0.1, 0.15) is 4.70 Å². The minimum Gasteiger partial charge on any atom is -0.355 e. The molecule has 0 aliphatic carbocycles. The highest BCUT2D eigenvalue weighted by molar-refractivity contribution is 7.17. The number of hydrogen-bond donors (Lipinski definition) is 2. The van der Waals surface area contributed by atoms with Crippen LogP contribution in [-0.4, -0.2) is 27.2 Å². The first-order valence-corrected chi connectivity index (χ1v) is 9.38. The molecule has 0 bridgehead atoms. The number of carbonyl (C=O) groups is 1. The zero-order valence-corrected chi connectivity index (χ0v) is 14.9. The Morgan fingerprint density at radius 2 is 2.15 bits per heavy atom. The molecule has 26 heavy (non-hydrogen) atoms. The van der Waals surface area contributed by atoms with Crippen LogP contribution in [0.25, 0.3) is 20.9 Å². The maximum Gasteiger partial charge on any atom is 0.328 e. The average Bonchev–Trinajstić information content (AvgIpc) is 3.37. The van der Waals surface area contributed by atoms with E-state index < -0.39 is 11.6 Å². The van der Waals surface area contributed by atoms with E-state index >= 15 is 0 Å². The zero-order chi connectivity index (χ0) is 18.1. The molecule has 0 fully saturated rings. The highest BCUT2D eigenvalue weighted by atomic mass is 32.1. The van der Waals surface area contributed by atoms with Crippen molar-refractivity contribution in [2.75, 3.05) is 6.54 Å². The van der Waals surface area contributed by atoms with Gasteiger partial charge in [0.05, 0.1) is 10.4 Å². The summed E-state index contributed by atoms with van der Waals surface area (Å²) >= 11 is 2.74. The fourth-order valence-electron chi connectivity index (χ4n) is 2.46. The molecule has 132 valence electrons. The summed E-state index contributed by atoms with van der Waals surface area (Å²) in [5.74, 6) is 0.0826. The van der Waals surface area contributed by atoms with Gasteiger partial charge in [-0.05, 0) is 22.9 Å². The smallest absolute Gasteiger partial charge is 0.328 e. The second-order valence-corrected chi connectivity index (χ2v) is 7.22. The number of aromatic nitrogens is 3. The monoisotopic (exact) mass is 388 g/mol. The molecule has 8 nitrogen and oxygen atoms in total. The third kappa shape index (κ3) is 3.00. The van der Waals surface area contributed by atoms with Crippen molar-refractivity contribution in [1.29, 1.82) is 0 Å². The number of aromatic amines is 1. The van der Waals surface area contributed by atoms with Crippen molar-refractivity contribution in [2.24, 2.45) is 0 Å². The number of fused-ring (bicyclic) bond motifs is 1. The Morgan fingerprint density at radius 1 is 1.27 bits per heavy atom. The Morgan fingerprint density at radius 3 is 2.96 bits per heavy atom. The molecule has 0 aromatic carbocycles. The van der Waals surface area contributed by atoms with Gasteiger partial charge in [-0.2, -0.15) is 0 Å². The van der Waals surface area contributed by atoms with Crippen molar-refractivity contribution in [3.63, 3.8) is 0 Å². The highest BCUT2D eigenvalue weighted by Crippen LogP contribution is 2.24. The molecule has 4 aromatic rings. The molecule has 0 atom stereocenters. The molecule has 0 radical (unpaired) electrons. The second-order valence-electron chi connectivity index (χ2n) is 5.36. The molecule has 4 aromatic heterocycles. The van der Waals surface area contributed by atoms with E-state index in [0.29, 0.717) is 16.0 Å². The Kier molecular flexibility index (Phi) is 4.27. The standard InChI is InChI=1S/C16H12N4O4S2/c21-14(10-8-11(24-19-10)12-2-1-6-25-12)17-4-5-20-15(22)13-9(3-7-26-13)18-16(20)23/h1-3,6-8H,4-5H2,(H,17,21)(H,18,23). The van der Waals surface area contributed by atoms with Gasteiger partial charge in [-0.25, -0.2) is 4.79 Å². The lowest BCUT2D eigenvalue weighted by Gasteiger charge is -2.05. The van der Waals surface area contributed by atoms with Gasteiger partial charge in [0.15, 0.2) is 11.5 Å². The second kappa shape index (κ2) is 6.73. The number of H-pyrrole nitrogens is 1. The Bertz CT molecular complexity index is 1180. The molecule has 4 heterocycles. The van der Waals surface area contributed by atoms with Gasteiger partial charge in [0, 0.05) is 19.2 Å². The van der Waals surface area contributed by atoms with Crippen LogP contribution in [0.4, 0.5) is 0 Å². The van der Waals surface area contributed by atoms with E-state index in [2.05, 4.69) is 15.5 Å². The van der Waals surface area contributed by atoms with Crippen LogP contribution in [0.3, 0.4) is 0 Å². The van der Waals surface area contributed by atoms with E-state index in [1.54, 1.807) is 17.5 Å². The largest absolute Gasteiger partial charge is 0.355 e. The number of amides is 1. The molecule has 0 saturated carbocycles. The molecule has 0 aliphatic heterocycles. The normalized spacial score (nSPS) is 11.1. The topological polar surface area (TPSA) is 110 Å². The lowest BCUT2D eigenvalue weighted by Crippen LogP contribution is -2.38. The SMILES string of the molecule is O=C(NCCn1c(=O)[nH]c2ccsc2c1=O)c1cc(-c2cccs2)on1. The molecule has 10 heteroatoms. The van der Waals surface area contributed by atoms with Crippen molar-refractivity contribution in [1.82, 2.24) is 20.0 Å². The minimum atomic E-state index is -0.503. The molecule has 0 aliphatic rings. The lowest BCUT2D eigenvalue weighted by molar-refractivity contribution is 0.0943. The predicted octanol–water partition coefficient (Wildman–Crippen LogP) is 1.90. The van der Waals surface area contributed by atoms with Crippen LogP contribution < -0.4 is 16.6 Å². The number of nitrogens with one attached hydrogen (secondary N) is 2. The highest BCUT2D eigenvalue weighted by Gasteiger charge is 2.14. The van der Waals surface area contributed by atoms with E-state index in [0.717, 1.165) is 9.44 Å². The number of hydrogen-bond acceptors (Lipinski definition) is 7. The van der Waals surface area contributed by atoms with Crippen LogP contribution in [0.1, 0.15) is 10.5 Å². The van der Waals surface area contributed by atoms with Crippen LogP contribution in [0.15, 0.2) is 49.1 Å². The predicted molar refractivity (Wildman–Crippen MR) is 98.9 cm³/mol. The van der Waals surface area contributed by atoms with Gasteiger partial charge in [0.25, 0.3) is 11.5 Å². The fraction of sp³-hybridized carbons (Fsp3) is 0.125. The van der Waals surface area contributed by atoms with Crippen molar-refractivity contribution in [3.05, 3.63) is 61.6 Å². The summed E-state index contributed by atoms with van der Waals surface area (Å²) in [7, 11) is 0. The number of rotatable bonds is 5. The summed E-state index contributed by atoms with van der Waals surface area (Å²) in [5, 5.41) is 10.0. The molecule has 4 rings (SSSR count). The maximum atomic E-state index is 12.3. The van der Waals surface area contributed by atoms with Gasteiger partial charge in [-0.15, -0.1) is 22.7 Å². The molecule has 0 spiro atoms. The first-order chi connectivity index (χ1) is 12.6. The Labute approximate surface area is 153 Å². The first kappa shape index (κ1) is 16.5. The first-order valence-electron chi connectivity index (χ1n) is 7.62. The van der Waals surface area contributed by atoms with Crippen molar-refractivity contribution >= 4 is 38.8 Å². The van der Waals surface area contributed by atoms with Crippen molar-refractivity contribution in [2.45, 2.75) is 6.54 Å². The number of thiophene rings is 2. The van der Waals surface area contributed by atoms with Crippen molar-refractivity contribution in [3.8, 4) is 10.6 Å². The van der Waals surface area contributed by atoms with E-state index in [1.165, 1.54) is 22.7 Å². The van der Waals surface area contributed by atoms with Gasteiger partial charge >= 0.3 is 5.69 Å². The third-order valence-corrected chi connectivity index (χ3v) is 5.51. The van der Waals surface area contributed by atoms with Crippen LogP contribution in [0.2, 0.25) is 0 Å². The maximum absolute atomic E-state index is 12.3. The van der Waals surface area contributed by atoms with Gasteiger partial charge in [-0.1, -0.05) is 11.2 Å². The van der Waals surface area contributed by atoms with Gasteiger partial charge in [0.2, 0.25) is 0 Å². The van der Waals surface area contributed by atoms with Crippen LogP contribution in [0, 0.1) is 0 Å². The zero-order valence-electron chi connectivity index (χ0n) is 13.2. The van der Waals surface area contributed by atoms with E-state index in [1.807, 2.05) is 17.5 Å². The third-order valence-electron chi connectivity index (χ3n) is 3.72.